The van der Waals surface area contributed by atoms with Crippen molar-refractivity contribution in [2.45, 2.75) is 6.04 Å². The summed E-state index contributed by atoms with van der Waals surface area (Å²) in [5, 5.41) is 2.64. The molecular formula is C13H10Br2N2O2S. The Labute approximate surface area is 136 Å². The lowest BCUT2D eigenvalue weighted by Gasteiger charge is -2.15. The average molecular weight is 418 g/mol. The summed E-state index contributed by atoms with van der Waals surface area (Å²) >= 11 is 7.92. The smallest absolute Gasteiger partial charge is 0.262 e. The van der Waals surface area contributed by atoms with Crippen LogP contribution in [-0.2, 0) is 4.79 Å². The van der Waals surface area contributed by atoms with Gasteiger partial charge in [-0.3, -0.25) is 9.59 Å². The van der Waals surface area contributed by atoms with Crippen molar-refractivity contribution in [1.82, 2.24) is 5.32 Å². The third-order valence-electron chi connectivity index (χ3n) is 2.56. The summed E-state index contributed by atoms with van der Waals surface area (Å²) in [5.74, 6) is -0.937. The third kappa shape index (κ3) is 3.47. The molecule has 0 aliphatic rings. The maximum atomic E-state index is 12.1. The van der Waals surface area contributed by atoms with Crippen LogP contribution in [0, 0.1) is 0 Å². The minimum absolute atomic E-state index is 0.339. The monoisotopic (exact) mass is 416 g/mol. The van der Waals surface area contributed by atoms with Gasteiger partial charge < -0.3 is 11.1 Å². The number of amides is 2. The molecule has 20 heavy (non-hydrogen) atoms. The summed E-state index contributed by atoms with van der Waals surface area (Å²) in [6, 6.07) is 9.74. The molecule has 4 nitrogen and oxygen atoms in total. The second-order valence-corrected chi connectivity index (χ2v) is 7.18. The van der Waals surface area contributed by atoms with Crippen LogP contribution in [0.3, 0.4) is 0 Å². The third-order valence-corrected chi connectivity index (χ3v) is 5.82. The van der Waals surface area contributed by atoms with E-state index in [1.807, 2.05) is 6.07 Å². The number of carbonyl (C=O) groups excluding carboxylic acids is 2. The Bertz CT molecular complexity index is 624. The fourth-order valence-electron chi connectivity index (χ4n) is 1.62. The van der Waals surface area contributed by atoms with E-state index >= 15 is 0 Å². The Morgan fingerprint density at radius 3 is 2.35 bits per heavy atom. The van der Waals surface area contributed by atoms with Gasteiger partial charge in [0, 0.05) is 4.47 Å². The summed E-state index contributed by atoms with van der Waals surface area (Å²) in [7, 11) is 0. The normalized spacial score (nSPS) is 11.9. The van der Waals surface area contributed by atoms with E-state index in [9.17, 15) is 9.59 Å². The lowest BCUT2D eigenvalue weighted by Crippen LogP contribution is -2.37. The second-order valence-electron chi connectivity index (χ2n) is 3.95. The summed E-state index contributed by atoms with van der Waals surface area (Å²) < 4.78 is 1.61. The largest absolute Gasteiger partial charge is 0.368 e. The zero-order valence-electron chi connectivity index (χ0n) is 10.1. The van der Waals surface area contributed by atoms with Crippen LogP contribution in [0.4, 0.5) is 0 Å². The summed E-state index contributed by atoms with van der Waals surface area (Å²) in [6.07, 6.45) is 0. The van der Waals surface area contributed by atoms with Gasteiger partial charge >= 0.3 is 0 Å². The van der Waals surface area contributed by atoms with Gasteiger partial charge in [0.2, 0.25) is 5.91 Å². The van der Waals surface area contributed by atoms with Crippen molar-refractivity contribution in [1.29, 1.82) is 0 Å². The van der Waals surface area contributed by atoms with E-state index in [4.69, 9.17) is 5.73 Å². The van der Waals surface area contributed by atoms with Crippen molar-refractivity contribution >= 4 is 55.0 Å². The zero-order valence-corrected chi connectivity index (χ0v) is 14.1. The fraction of sp³-hybridized carbons (Fsp3) is 0.0769. The Morgan fingerprint density at radius 2 is 1.85 bits per heavy atom. The number of rotatable bonds is 4. The topological polar surface area (TPSA) is 72.2 Å². The lowest BCUT2D eigenvalue weighted by atomic mass is 10.1. The van der Waals surface area contributed by atoms with Gasteiger partial charge in [-0.2, -0.15) is 0 Å². The van der Waals surface area contributed by atoms with Crippen molar-refractivity contribution in [3.63, 3.8) is 0 Å². The van der Waals surface area contributed by atoms with Crippen LogP contribution in [0.15, 0.2) is 44.7 Å². The van der Waals surface area contributed by atoms with Gasteiger partial charge in [-0.1, -0.05) is 30.3 Å². The van der Waals surface area contributed by atoms with E-state index in [0.29, 0.717) is 10.4 Å². The summed E-state index contributed by atoms with van der Waals surface area (Å²) in [4.78, 5) is 24.2. The number of benzene rings is 1. The maximum absolute atomic E-state index is 12.1. The van der Waals surface area contributed by atoms with Crippen LogP contribution in [0.1, 0.15) is 21.3 Å². The molecule has 0 unspecified atom stereocenters. The Morgan fingerprint density at radius 1 is 1.20 bits per heavy atom. The predicted molar refractivity (Wildman–Crippen MR) is 85.6 cm³/mol. The molecule has 2 rings (SSSR count). The molecule has 0 saturated carbocycles. The van der Waals surface area contributed by atoms with Crippen molar-refractivity contribution < 1.29 is 9.59 Å². The molecule has 1 aromatic heterocycles. The van der Waals surface area contributed by atoms with Crippen molar-refractivity contribution in [3.8, 4) is 0 Å². The van der Waals surface area contributed by atoms with Gasteiger partial charge in [-0.05, 0) is 43.5 Å². The van der Waals surface area contributed by atoms with E-state index in [0.717, 1.165) is 8.26 Å². The van der Waals surface area contributed by atoms with Gasteiger partial charge in [-0.25, -0.2) is 0 Å². The predicted octanol–water partition coefficient (Wildman–Crippen LogP) is 3.23. The van der Waals surface area contributed by atoms with Crippen LogP contribution in [-0.4, -0.2) is 11.8 Å². The highest BCUT2D eigenvalue weighted by Crippen LogP contribution is 2.32. The van der Waals surface area contributed by atoms with Gasteiger partial charge in [-0.15, -0.1) is 11.3 Å². The summed E-state index contributed by atoms with van der Waals surface area (Å²) in [5.41, 5.74) is 6.02. The van der Waals surface area contributed by atoms with Crippen LogP contribution in [0.5, 0.6) is 0 Å². The SMILES string of the molecule is NC(=O)[C@H](NC(=O)c1cc(Br)c(Br)s1)c1ccccc1. The molecule has 0 radical (unpaired) electrons. The first-order chi connectivity index (χ1) is 9.49. The molecule has 0 saturated heterocycles. The van der Waals surface area contributed by atoms with Crippen molar-refractivity contribution in [2.24, 2.45) is 5.73 Å². The van der Waals surface area contributed by atoms with E-state index in [2.05, 4.69) is 37.2 Å². The van der Waals surface area contributed by atoms with E-state index in [1.54, 1.807) is 30.3 Å². The Balaban J connectivity index is 2.21. The highest BCUT2D eigenvalue weighted by Gasteiger charge is 2.22. The molecule has 3 N–H and O–H groups in total. The fourth-order valence-corrected chi connectivity index (χ4v) is 3.56. The molecule has 2 amide bonds. The molecule has 0 bridgehead atoms. The number of hydrogen-bond acceptors (Lipinski definition) is 3. The first kappa shape index (κ1) is 15.2. The number of thiophene rings is 1. The molecule has 104 valence electrons. The Kier molecular flexibility index (Phi) is 4.95. The van der Waals surface area contributed by atoms with Crippen LogP contribution >= 0.6 is 43.2 Å². The average Bonchev–Trinajstić information content (AvgIpc) is 2.76. The van der Waals surface area contributed by atoms with Gasteiger partial charge in [0.1, 0.15) is 6.04 Å². The minimum atomic E-state index is -0.844. The van der Waals surface area contributed by atoms with Crippen LogP contribution in [0.25, 0.3) is 0 Å². The maximum Gasteiger partial charge on any atom is 0.262 e. The highest BCUT2D eigenvalue weighted by atomic mass is 79.9. The van der Waals surface area contributed by atoms with Crippen LogP contribution in [0.2, 0.25) is 0 Å². The van der Waals surface area contributed by atoms with E-state index in [1.165, 1.54) is 11.3 Å². The molecule has 0 aliphatic heterocycles. The first-order valence-corrected chi connectivity index (χ1v) is 7.99. The molecule has 1 atom stereocenters. The molecule has 0 spiro atoms. The number of primary amides is 1. The minimum Gasteiger partial charge on any atom is -0.368 e. The highest BCUT2D eigenvalue weighted by molar-refractivity contribution is 9.13. The molecule has 7 heteroatoms. The number of nitrogens with one attached hydrogen (secondary N) is 1. The second kappa shape index (κ2) is 6.51. The standard InChI is InChI=1S/C13H10Br2N2O2S/c14-8-6-9(20-11(8)15)13(19)17-10(12(16)18)7-4-2-1-3-5-7/h1-6,10H,(H2,16,18)(H,17,19)/t10-/m1/s1. The number of nitrogens with two attached hydrogens (primary N) is 1. The quantitative estimate of drug-likeness (QED) is 0.801. The van der Waals surface area contributed by atoms with Crippen molar-refractivity contribution in [2.75, 3.05) is 0 Å². The van der Waals surface area contributed by atoms with E-state index < -0.39 is 11.9 Å². The summed E-state index contributed by atoms with van der Waals surface area (Å²) in [6.45, 7) is 0. The van der Waals surface area contributed by atoms with Crippen molar-refractivity contribution in [3.05, 3.63) is 55.1 Å². The van der Waals surface area contributed by atoms with Crippen LogP contribution < -0.4 is 11.1 Å². The number of halogens is 2. The van der Waals surface area contributed by atoms with Gasteiger partial charge in [0.25, 0.3) is 5.91 Å². The lowest BCUT2D eigenvalue weighted by molar-refractivity contribution is -0.120. The van der Waals surface area contributed by atoms with Gasteiger partial charge in [0.15, 0.2) is 0 Å². The Hall–Kier alpha value is -1.18. The first-order valence-electron chi connectivity index (χ1n) is 5.59. The zero-order chi connectivity index (χ0) is 14.7. The molecule has 1 aromatic carbocycles. The van der Waals surface area contributed by atoms with Gasteiger partial charge in [0.05, 0.1) is 8.66 Å². The molecule has 0 aliphatic carbocycles. The number of carbonyl (C=O) groups is 2. The van der Waals surface area contributed by atoms with E-state index in [-0.39, 0.29) is 5.91 Å². The molecule has 2 aromatic rings. The number of hydrogen-bond donors (Lipinski definition) is 2. The molecular weight excluding hydrogens is 408 g/mol. The molecule has 0 fully saturated rings. The molecule has 1 heterocycles.